The Labute approximate surface area is 76.3 Å². The van der Waals surface area contributed by atoms with Gasteiger partial charge in [-0.2, -0.15) is 0 Å². The number of para-hydroxylation sites is 1. The number of methoxy groups -OCH3 is 1. The van der Waals surface area contributed by atoms with Crippen LogP contribution in [-0.4, -0.2) is 18.2 Å². The van der Waals surface area contributed by atoms with Crippen molar-refractivity contribution in [3.8, 4) is 5.75 Å². The average Bonchev–Trinajstić information content (AvgIpc) is 2.16. The summed E-state index contributed by atoms with van der Waals surface area (Å²) >= 11 is 0. The molecule has 0 spiro atoms. The van der Waals surface area contributed by atoms with Crippen LogP contribution in [0.1, 0.15) is 15.9 Å². The Balaban J connectivity index is 3.35. The van der Waals surface area contributed by atoms with E-state index in [0.717, 1.165) is 0 Å². The third-order valence-corrected chi connectivity index (χ3v) is 1.70. The lowest BCUT2D eigenvalue weighted by atomic mass is 10.1. The summed E-state index contributed by atoms with van der Waals surface area (Å²) in [5, 5.41) is 8.80. The van der Waals surface area contributed by atoms with Gasteiger partial charge >= 0.3 is 5.97 Å². The summed E-state index contributed by atoms with van der Waals surface area (Å²) in [5.74, 6) is -0.648. The molecule has 0 fully saturated rings. The molecule has 13 heavy (non-hydrogen) atoms. The molecule has 0 heterocycles. The molecule has 0 bridgehead atoms. The van der Waals surface area contributed by atoms with Gasteiger partial charge in [0.15, 0.2) is 0 Å². The van der Waals surface area contributed by atoms with E-state index in [-0.39, 0.29) is 5.56 Å². The Morgan fingerprint density at radius 3 is 2.77 bits per heavy atom. The minimum atomic E-state index is -0.999. The highest BCUT2D eigenvalue weighted by atomic mass is 16.5. The Morgan fingerprint density at radius 2 is 2.31 bits per heavy atom. The summed E-state index contributed by atoms with van der Waals surface area (Å²) in [5.41, 5.74) is 0.835. The van der Waals surface area contributed by atoms with Crippen molar-refractivity contribution in [3.05, 3.63) is 35.9 Å². The topological polar surface area (TPSA) is 46.5 Å². The fourth-order valence-corrected chi connectivity index (χ4v) is 1.11. The molecule has 0 aliphatic rings. The van der Waals surface area contributed by atoms with Crippen LogP contribution in [0.3, 0.4) is 0 Å². The van der Waals surface area contributed by atoms with Gasteiger partial charge in [-0.15, -0.1) is 0 Å². The molecule has 1 N–H and O–H groups in total. The van der Waals surface area contributed by atoms with Gasteiger partial charge in [-0.25, -0.2) is 4.79 Å². The maximum absolute atomic E-state index is 10.7. The van der Waals surface area contributed by atoms with Crippen molar-refractivity contribution in [2.75, 3.05) is 7.11 Å². The summed E-state index contributed by atoms with van der Waals surface area (Å²) in [6.07, 6.45) is 1.56. The highest BCUT2D eigenvalue weighted by molar-refractivity contribution is 5.92. The summed E-state index contributed by atoms with van der Waals surface area (Å²) in [7, 11) is 1.44. The molecule has 0 amide bonds. The minimum absolute atomic E-state index is 0.153. The predicted molar refractivity (Wildman–Crippen MR) is 50.0 cm³/mol. The van der Waals surface area contributed by atoms with Gasteiger partial charge in [-0.3, -0.25) is 0 Å². The SMILES string of the molecule is C=Cc1cccc(C(=O)O)c1OC. The van der Waals surface area contributed by atoms with E-state index < -0.39 is 5.97 Å². The molecule has 68 valence electrons. The molecular formula is C10H10O3. The number of hydrogen-bond donors (Lipinski definition) is 1. The van der Waals surface area contributed by atoms with Gasteiger partial charge in [-0.1, -0.05) is 24.8 Å². The highest BCUT2D eigenvalue weighted by Gasteiger charge is 2.12. The average molecular weight is 178 g/mol. The van der Waals surface area contributed by atoms with E-state index >= 15 is 0 Å². The first-order valence-corrected chi connectivity index (χ1v) is 3.73. The number of carboxylic acids is 1. The maximum atomic E-state index is 10.7. The molecule has 0 atom stereocenters. The van der Waals surface area contributed by atoms with Crippen LogP contribution in [-0.2, 0) is 0 Å². The van der Waals surface area contributed by atoms with Crippen LogP contribution in [0, 0.1) is 0 Å². The number of rotatable bonds is 3. The van der Waals surface area contributed by atoms with Crippen molar-refractivity contribution in [1.82, 2.24) is 0 Å². The predicted octanol–water partition coefficient (Wildman–Crippen LogP) is 2.04. The van der Waals surface area contributed by atoms with Crippen molar-refractivity contribution < 1.29 is 14.6 Å². The van der Waals surface area contributed by atoms with E-state index in [0.29, 0.717) is 11.3 Å². The third kappa shape index (κ3) is 1.69. The molecule has 0 aliphatic heterocycles. The molecule has 0 aromatic heterocycles. The first-order chi connectivity index (χ1) is 6.20. The number of carbonyl (C=O) groups is 1. The Morgan fingerprint density at radius 1 is 1.62 bits per heavy atom. The van der Waals surface area contributed by atoms with Crippen LogP contribution in [0.5, 0.6) is 5.75 Å². The zero-order valence-corrected chi connectivity index (χ0v) is 7.28. The van der Waals surface area contributed by atoms with Gasteiger partial charge in [0.25, 0.3) is 0 Å². The van der Waals surface area contributed by atoms with Crippen molar-refractivity contribution >= 4 is 12.0 Å². The summed E-state index contributed by atoms with van der Waals surface area (Å²) in [4.78, 5) is 10.7. The molecule has 1 aromatic rings. The first kappa shape index (κ1) is 9.32. The molecule has 0 unspecified atom stereocenters. The van der Waals surface area contributed by atoms with E-state index in [4.69, 9.17) is 9.84 Å². The molecular weight excluding hydrogens is 168 g/mol. The summed E-state index contributed by atoms with van der Waals surface area (Å²) in [6.45, 7) is 3.57. The quantitative estimate of drug-likeness (QED) is 0.770. The number of carboxylic acid groups (broad SMARTS) is 1. The van der Waals surface area contributed by atoms with Crippen LogP contribution in [0.4, 0.5) is 0 Å². The Kier molecular flexibility index (Phi) is 2.69. The largest absolute Gasteiger partial charge is 0.495 e. The van der Waals surface area contributed by atoms with Gasteiger partial charge in [0, 0.05) is 5.56 Å². The number of benzene rings is 1. The maximum Gasteiger partial charge on any atom is 0.339 e. The van der Waals surface area contributed by atoms with E-state index in [2.05, 4.69) is 6.58 Å². The number of ether oxygens (including phenoxy) is 1. The number of aromatic carboxylic acids is 1. The molecule has 1 aromatic carbocycles. The lowest BCUT2D eigenvalue weighted by Crippen LogP contribution is -2.01. The smallest absolute Gasteiger partial charge is 0.339 e. The van der Waals surface area contributed by atoms with Crippen molar-refractivity contribution in [2.45, 2.75) is 0 Å². The zero-order chi connectivity index (χ0) is 9.84. The third-order valence-electron chi connectivity index (χ3n) is 1.70. The van der Waals surface area contributed by atoms with Gasteiger partial charge in [-0.05, 0) is 6.07 Å². The molecule has 0 aliphatic carbocycles. The van der Waals surface area contributed by atoms with Crippen molar-refractivity contribution in [2.24, 2.45) is 0 Å². The molecule has 0 saturated heterocycles. The van der Waals surface area contributed by atoms with Crippen molar-refractivity contribution in [1.29, 1.82) is 0 Å². The van der Waals surface area contributed by atoms with E-state index in [1.54, 1.807) is 18.2 Å². The van der Waals surface area contributed by atoms with E-state index in [1.807, 2.05) is 0 Å². The Bertz CT molecular complexity index is 342. The van der Waals surface area contributed by atoms with E-state index in [1.165, 1.54) is 13.2 Å². The molecule has 3 heteroatoms. The monoisotopic (exact) mass is 178 g/mol. The summed E-state index contributed by atoms with van der Waals surface area (Å²) < 4.78 is 4.98. The van der Waals surface area contributed by atoms with Gasteiger partial charge in [0.2, 0.25) is 0 Å². The van der Waals surface area contributed by atoms with Gasteiger partial charge in [0.1, 0.15) is 11.3 Å². The molecule has 1 rings (SSSR count). The molecule has 0 radical (unpaired) electrons. The van der Waals surface area contributed by atoms with E-state index in [9.17, 15) is 4.79 Å². The van der Waals surface area contributed by atoms with Crippen molar-refractivity contribution in [3.63, 3.8) is 0 Å². The van der Waals surface area contributed by atoms with Crippen LogP contribution >= 0.6 is 0 Å². The molecule has 0 saturated carbocycles. The van der Waals surface area contributed by atoms with Crippen LogP contribution in [0.2, 0.25) is 0 Å². The van der Waals surface area contributed by atoms with Crippen LogP contribution in [0.15, 0.2) is 24.8 Å². The normalized spacial score (nSPS) is 9.31. The second-order valence-corrected chi connectivity index (χ2v) is 2.44. The summed E-state index contributed by atoms with van der Waals surface area (Å²) in [6, 6.07) is 4.90. The van der Waals surface area contributed by atoms with Crippen LogP contribution in [0.25, 0.3) is 6.08 Å². The standard InChI is InChI=1S/C10H10O3/c1-3-7-5-4-6-8(10(11)12)9(7)13-2/h3-6H,1H2,2H3,(H,11,12). The fraction of sp³-hybridized carbons (Fsp3) is 0.100. The lowest BCUT2D eigenvalue weighted by Gasteiger charge is -2.07. The Hall–Kier alpha value is -1.77. The lowest BCUT2D eigenvalue weighted by molar-refractivity contribution is 0.0693. The minimum Gasteiger partial charge on any atom is -0.495 e. The first-order valence-electron chi connectivity index (χ1n) is 3.73. The number of hydrogen-bond acceptors (Lipinski definition) is 2. The highest BCUT2D eigenvalue weighted by Crippen LogP contribution is 2.24. The second-order valence-electron chi connectivity index (χ2n) is 2.44. The fourth-order valence-electron chi connectivity index (χ4n) is 1.11. The second kappa shape index (κ2) is 3.76. The zero-order valence-electron chi connectivity index (χ0n) is 7.28. The van der Waals surface area contributed by atoms with Crippen LogP contribution < -0.4 is 4.74 Å². The van der Waals surface area contributed by atoms with Gasteiger partial charge < -0.3 is 9.84 Å². The van der Waals surface area contributed by atoms with Gasteiger partial charge in [0.05, 0.1) is 7.11 Å². The molecule has 3 nitrogen and oxygen atoms in total.